The highest BCUT2D eigenvalue weighted by Crippen LogP contribution is 2.38. The van der Waals surface area contributed by atoms with Crippen LogP contribution in [-0.4, -0.2) is 44.7 Å². The summed E-state index contributed by atoms with van der Waals surface area (Å²) in [4.78, 5) is 34.5. The molecule has 0 heterocycles. The lowest BCUT2D eigenvalue weighted by Crippen LogP contribution is -2.22. The molecule has 11 heteroatoms. The smallest absolute Gasteiger partial charge is 0.310 e. The maximum absolute atomic E-state index is 12.1. The molecule has 2 aromatic carbocycles. The molecule has 10 nitrogen and oxygen atoms in total. The van der Waals surface area contributed by atoms with Crippen molar-refractivity contribution in [3.05, 3.63) is 51.0 Å². The van der Waals surface area contributed by atoms with Gasteiger partial charge in [-0.1, -0.05) is 11.6 Å². The predicted octanol–water partition coefficient (Wildman–Crippen LogP) is 3.00. The van der Waals surface area contributed by atoms with Crippen LogP contribution < -0.4 is 19.5 Å². The molecule has 2 rings (SSSR count). The standard InChI is InChI=1S/C19H19ClN2O8/c1-27-15-6-11(7-16(28-2)19(15)29-3)8-18(24)30-10-17(23)21-13-5-4-12(20)9-14(13)22(25)26/h4-7,9H,8,10H2,1-3H3,(H,21,23). The molecule has 1 N–H and O–H groups in total. The number of nitrogens with one attached hydrogen (secondary N) is 1. The summed E-state index contributed by atoms with van der Waals surface area (Å²) in [6.07, 6.45) is -0.162. The molecule has 0 aromatic heterocycles. The first kappa shape index (κ1) is 22.8. The lowest BCUT2D eigenvalue weighted by molar-refractivity contribution is -0.383. The van der Waals surface area contributed by atoms with Gasteiger partial charge < -0.3 is 24.3 Å². The van der Waals surface area contributed by atoms with E-state index in [2.05, 4.69) is 5.32 Å². The van der Waals surface area contributed by atoms with Crippen molar-refractivity contribution in [2.45, 2.75) is 6.42 Å². The van der Waals surface area contributed by atoms with Crippen LogP contribution in [0.15, 0.2) is 30.3 Å². The summed E-state index contributed by atoms with van der Waals surface area (Å²) in [5.41, 5.74) is 0.0814. The van der Waals surface area contributed by atoms with E-state index in [0.29, 0.717) is 22.8 Å². The second kappa shape index (κ2) is 10.3. The number of anilines is 1. The summed E-state index contributed by atoms with van der Waals surface area (Å²) in [7, 11) is 4.34. The number of hydrogen-bond acceptors (Lipinski definition) is 8. The molecule has 160 valence electrons. The summed E-state index contributed by atoms with van der Waals surface area (Å²) < 4.78 is 20.6. The first-order valence-electron chi connectivity index (χ1n) is 8.47. The Balaban J connectivity index is 2.00. The van der Waals surface area contributed by atoms with Crippen LogP contribution in [0.2, 0.25) is 5.02 Å². The number of amides is 1. The first-order chi connectivity index (χ1) is 14.3. The normalized spacial score (nSPS) is 10.1. The zero-order valence-corrected chi connectivity index (χ0v) is 17.1. The SMILES string of the molecule is COc1cc(CC(=O)OCC(=O)Nc2ccc(Cl)cc2[N+](=O)[O-])cc(OC)c1OC. The van der Waals surface area contributed by atoms with Crippen molar-refractivity contribution in [1.82, 2.24) is 0 Å². The van der Waals surface area contributed by atoms with Gasteiger partial charge >= 0.3 is 5.97 Å². The number of hydrogen-bond donors (Lipinski definition) is 1. The average Bonchev–Trinajstić information content (AvgIpc) is 2.72. The minimum atomic E-state index is -0.737. The van der Waals surface area contributed by atoms with Gasteiger partial charge in [0, 0.05) is 11.1 Å². The summed E-state index contributed by atoms with van der Waals surface area (Å²) >= 11 is 5.73. The Morgan fingerprint density at radius 3 is 2.23 bits per heavy atom. The Hall–Kier alpha value is -3.53. The van der Waals surface area contributed by atoms with Crippen LogP contribution in [0.3, 0.4) is 0 Å². The molecule has 0 saturated carbocycles. The highest BCUT2D eigenvalue weighted by molar-refractivity contribution is 6.31. The minimum absolute atomic E-state index is 0.0601. The lowest BCUT2D eigenvalue weighted by Gasteiger charge is -2.14. The number of rotatable bonds is 9. The molecular weight excluding hydrogens is 420 g/mol. The summed E-state index contributed by atoms with van der Waals surface area (Å²) in [5.74, 6) is -0.315. The Morgan fingerprint density at radius 2 is 1.70 bits per heavy atom. The molecule has 0 fully saturated rings. The van der Waals surface area contributed by atoms with E-state index in [1.54, 1.807) is 12.1 Å². The number of carbonyl (C=O) groups is 2. The highest BCUT2D eigenvalue weighted by Gasteiger charge is 2.18. The Bertz CT molecular complexity index is 939. The van der Waals surface area contributed by atoms with E-state index >= 15 is 0 Å². The highest BCUT2D eigenvalue weighted by atomic mass is 35.5. The fourth-order valence-corrected chi connectivity index (χ4v) is 2.72. The van der Waals surface area contributed by atoms with Crippen LogP contribution in [-0.2, 0) is 20.7 Å². The third-order valence-corrected chi connectivity index (χ3v) is 4.10. The number of halogens is 1. The van der Waals surface area contributed by atoms with Crippen molar-refractivity contribution >= 4 is 34.9 Å². The molecule has 0 atom stereocenters. The van der Waals surface area contributed by atoms with Gasteiger partial charge in [0.05, 0.1) is 32.7 Å². The average molecular weight is 439 g/mol. The van der Waals surface area contributed by atoms with Crippen LogP contribution in [0.1, 0.15) is 5.56 Å². The number of benzene rings is 2. The van der Waals surface area contributed by atoms with E-state index in [0.717, 1.165) is 6.07 Å². The molecule has 2 aromatic rings. The molecule has 0 saturated heterocycles. The number of methoxy groups -OCH3 is 3. The van der Waals surface area contributed by atoms with Gasteiger partial charge in [0.2, 0.25) is 5.75 Å². The maximum Gasteiger partial charge on any atom is 0.310 e. The van der Waals surface area contributed by atoms with Gasteiger partial charge in [-0.25, -0.2) is 0 Å². The fraction of sp³-hybridized carbons (Fsp3) is 0.263. The van der Waals surface area contributed by atoms with E-state index in [-0.39, 0.29) is 22.8 Å². The number of esters is 1. The van der Waals surface area contributed by atoms with Crippen LogP contribution in [0, 0.1) is 10.1 Å². The Labute approximate surface area is 176 Å². The molecule has 0 aliphatic carbocycles. The second-order valence-electron chi connectivity index (χ2n) is 5.84. The van der Waals surface area contributed by atoms with E-state index in [1.807, 2.05) is 0 Å². The largest absolute Gasteiger partial charge is 0.493 e. The molecule has 0 aliphatic rings. The summed E-state index contributed by atoms with van der Waals surface area (Å²) in [6, 6.07) is 6.95. The van der Waals surface area contributed by atoms with Crippen molar-refractivity contribution in [3.8, 4) is 17.2 Å². The van der Waals surface area contributed by atoms with Gasteiger partial charge in [0.15, 0.2) is 18.1 Å². The van der Waals surface area contributed by atoms with Crippen molar-refractivity contribution in [2.75, 3.05) is 33.3 Å². The molecule has 0 bridgehead atoms. The van der Waals surface area contributed by atoms with E-state index in [9.17, 15) is 19.7 Å². The van der Waals surface area contributed by atoms with Gasteiger partial charge in [-0.05, 0) is 29.8 Å². The lowest BCUT2D eigenvalue weighted by atomic mass is 10.1. The maximum atomic E-state index is 12.1. The number of nitrogens with zero attached hydrogens (tertiary/aromatic N) is 1. The second-order valence-corrected chi connectivity index (χ2v) is 6.27. The van der Waals surface area contributed by atoms with Crippen LogP contribution in [0.25, 0.3) is 0 Å². The van der Waals surface area contributed by atoms with E-state index in [4.69, 9.17) is 30.5 Å². The van der Waals surface area contributed by atoms with E-state index in [1.165, 1.54) is 33.5 Å². The molecule has 30 heavy (non-hydrogen) atoms. The van der Waals surface area contributed by atoms with Crippen molar-refractivity contribution < 1.29 is 33.5 Å². The van der Waals surface area contributed by atoms with E-state index < -0.39 is 23.4 Å². The number of nitro groups is 1. The molecule has 0 aliphatic heterocycles. The fourth-order valence-electron chi connectivity index (χ4n) is 2.55. The van der Waals surface area contributed by atoms with Crippen LogP contribution in [0.4, 0.5) is 11.4 Å². The topological polar surface area (TPSA) is 126 Å². The Kier molecular flexibility index (Phi) is 7.82. The number of carbonyl (C=O) groups excluding carboxylic acids is 2. The third kappa shape index (κ3) is 5.74. The number of ether oxygens (including phenoxy) is 4. The third-order valence-electron chi connectivity index (χ3n) is 3.87. The molecule has 1 amide bonds. The van der Waals surface area contributed by atoms with Gasteiger partial charge in [-0.15, -0.1) is 0 Å². The van der Waals surface area contributed by atoms with Crippen LogP contribution >= 0.6 is 11.6 Å². The minimum Gasteiger partial charge on any atom is -0.493 e. The van der Waals surface area contributed by atoms with Crippen LogP contribution in [0.5, 0.6) is 17.2 Å². The van der Waals surface area contributed by atoms with Gasteiger partial charge in [-0.2, -0.15) is 0 Å². The van der Waals surface area contributed by atoms with Crippen molar-refractivity contribution in [1.29, 1.82) is 0 Å². The quantitative estimate of drug-likeness (QED) is 0.359. The van der Waals surface area contributed by atoms with Gasteiger partial charge in [0.25, 0.3) is 11.6 Å². The monoisotopic (exact) mass is 438 g/mol. The molecule has 0 unspecified atom stereocenters. The molecule has 0 radical (unpaired) electrons. The van der Waals surface area contributed by atoms with Crippen molar-refractivity contribution in [3.63, 3.8) is 0 Å². The van der Waals surface area contributed by atoms with Gasteiger partial charge in [-0.3, -0.25) is 19.7 Å². The number of nitro benzene ring substituents is 1. The summed E-state index contributed by atoms with van der Waals surface area (Å²) in [5, 5.41) is 13.5. The van der Waals surface area contributed by atoms with Gasteiger partial charge in [0.1, 0.15) is 5.69 Å². The zero-order chi connectivity index (χ0) is 22.3. The molecular formula is C19H19ClN2O8. The zero-order valence-electron chi connectivity index (χ0n) is 16.4. The summed E-state index contributed by atoms with van der Waals surface area (Å²) in [6.45, 7) is -0.622. The molecule has 0 spiro atoms. The predicted molar refractivity (Wildman–Crippen MR) is 107 cm³/mol. The first-order valence-corrected chi connectivity index (χ1v) is 8.85. The Morgan fingerprint density at radius 1 is 1.07 bits per heavy atom. The van der Waals surface area contributed by atoms with Crippen molar-refractivity contribution in [2.24, 2.45) is 0 Å².